The van der Waals surface area contributed by atoms with Crippen LogP contribution in [0.5, 0.6) is 0 Å². The van der Waals surface area contributed by atoms with Crippen molar-refractivity contribution < 1.29 is 13.3 Å². The lowest BCUT2D eigenvalue weighted by molar-refractivity contribution is -0.0124. The van der Waals surface area contributed by atoms with E-state index in [-0.39, 0.29) is 17.8 Å². The van der Waals surface area contributed by atoms with Crippen LogP contribution in [-0.2, 0) is 5.92 Å². The number of fused-ring (bicyclic) bond motifs is 2. The average molecular weight is 448 g/mol. The summed E-state index contributed by atoms with van der Waals surface area (Å²) < 4.78 is 33.9. The summed E-state index contributed by atoms with van der Waals surface area (Å²) in [7, 11) is 0. The van der Waals surface area contributed by atoms with E-state index in [1.807, 2.05) is 39.0 Å². The first-order valence-corrected chi connectivity index (χ1v) is 10.7. The molecule has 8 heteroatoms. The second-order valence-electron chi connectivity index (χ2n) is 8.30. The number of aryl methyl sites for hydroxylation is 3. The Kier molecular flexibility index (Phi) is 4.70. The van der Waals surface area contributed by atoms with Crippen LogP contribution in [0.1, 0.15) is 36.1 Å². The summed E-state index contributed by atoms with van der Waals surface area (Å²) in [6.07, 6.45) is -0.324. The van der Waals surface area contributed by atoms with E-state index in [2.05, 4.69) is 20.1 Å². The molecule has 0 saturated heterocycles. The summed E-state index contributed by atoms with van der Waals surface area (Å²) in [6.45, 7) is 7.08. The van der Waals surface area contributed by atoms with Gasteiger partial charge < -0.3 is 14.5 Å². The third kappa shape index (κ3) is 3.33. The molecule has 0 aliphatic rings. The van der Waals surface area contributed by atoms with E-state index in [1.54, 1.807) is 12.1 Å². The Morgan fingerprint density at radius 2 is 1.82 bits per heavy atom. The number of aromatic nitrogens is 4. The number of hydrogen-bond acceptors (Lipinski definition) is 4. The molecular formula is C25H22F2N4O2. The van der Waals surface area contributed by atoms with Crippen molar-refractivity contribution in [3.8, 4) is 22.3 Å². The Morgan fingerprint density at radius 1 is 1.03 bits per heavy atom. The molecule has 0 unspecified atom stereocenters. The highest BCUT2D eigenvalue weighted by Crippen LogP contribution is 2.40. The Bertz CT molecular complexity index is 1570. The number of aromatic amines is 2. The second-order valence-corrected chi connectivity index (χ2v) is 8.30. The van der Waals surface area contributed by atoms with Crippen LogP contribution in [0.25, 0.3) is 44.2 Å². The number of halogens is 2. The molecule has 0 spiro atoms. The van der Waals surface area contributed by atoms with Crippen molar-refractivity contribution in [2.24, 2.45) is 0 Å². The number of nitrogens with zero attached hydrogens (tertiary/aromatic N) is 2. The minimum Gasteiger partial charge on any atom is -0.361 e. The molecule has 6 nitrogen and oxygen atoms in total. The van der Waals surface area contributed by atoms with E-state index < -0.39 is 5.92 Å². The third-order valence-electron chi connectivity index (χ3n) is 6.11. The highest BCUT2D eigenvalue weighted by Gasteiger charge is 2.31. The van der Waals surface area contributed by atoms with Crippen molar-refractivity contribution in [1.82, 2.24) is 20.1 Å². The van der Waals surface area contributed by atoms with Gasteiger partial charge in [0.25, 0.3) is 5.92 Å². The minimum absolute atomic E-state index is 0.253. The number of imidazole rings is 1. The van der Waals surface area contributed by atoms with E-state index >= 15 is 0 Å². The Labute approximate surface area is 187 Å². The summed E-state index contributed by atoms with van der Waals surface area (Å²) in [5.74, 6) is -2.33. The molecule has 0 bridgehead atoms. The Morgan fingerprint density at radius 3 is 2.52 bits per heavy atom. The lowest BCUT2D eigenvalue weighted by Gasteiger charge is -2.16. The Hall–Kier alpha value is -3.81. The quantitative estimate of drug-likeness (QED) is 0.345. The molecule has 0 aliphatic heterocycles. The first-order valence-electron chi connectivity index (χ1n) is 10.7. The summed E-state index contributed by atoms with van der Waals surface area (Å²) >= 11 is 0. The van der Waals surface area contributed by atoms with Crippen LogP contribution in [0.2, 0.25) is 0 Å². The van der Waals surface area contributed by atoms with E-state index in [9.17, 15) is 13.6 Å². The monoisotopic (exact) mass is 448 g/mol. The molecule has 3 aromatic heterocycles. The van der Waals surface area contributed by atoms with Gasteiger partial charge in [-0.3, -0.25) is 0 Å². The van der Waals surface area contributed by atoms with Crippen molar-refractivity contribution in [2.75, 3.05) is 0 Å². The van der Waals surface area contributed by atoms with Crippen LogP contribution in [0.3, 0.4) is 0 Å². The lowest BCUT2D eigenvalue weighted by atomic mass is 9.91. The molecular weight excluding hydrogens is 426 g/mol. The Balaban J connectivity index is 1.84. The average Bonchev–Trinajstić information content (AvgIpc) is 3.33. The normalized spacial score (nSPS) is 12.2. The zero-order valence-corrected chi connectivity index (χ0v) is 18.6. The predicted octanol–water partition coefficient (Wildman–Crippen LogP) is 6.15. The summed E-state index contributed by atoms with van der Waals surface area (Å²) in [6, 6.07) is 10.5. The highest BCUT2D eigenvalue weighted by molar-refractivity contribution is 6.05. The molecule has 0 aliphatic carbocycles. The van der Waals surface area contributed by atoms with E-state index in [0.29, 0.717) is 22.3 Å². The van der Waals surface area contributed by atoms with Crippen molar-refractivity contribution in [3.05, 3.63) is 69.6 Å². The maximum Gasteiger partial charge on any atom is 0.323 e. The number of rotatable bonds is 4. The van der Waals surface area contributed by atoms with Gasteiger partial charge in [0.05, 0.1) is 22.2 Å². The van der Waals surface area contributed by atoms with Gasteiger partial charge in [-0.25, -0.2) is 9.78 Å². The first kappa shape index (κ1) is 21.1. The van der Waals surface area contributed by atoms with Gasteiger partial charge in [0, 0.05) is 22.9 Å². The van der Waals surface area contributed by atoms with Gasteiger partial charge >= 0.3 is 5.69 Å². The van der Waals surface area contributed by atoms with Gasteiger partial charge in [-0.2, -0.15) is 8.78 Å². The second kappa shape index (κ2) is 7.37. The zero-order valence-electron chi connectivity index (χ0n) is 18.6. The number of alkyl halides is 2. The summed E-state index contributed by atoms with van der Waals surface area (Å²) in [5.41, 5.74) is 6.08. The molecule has 168 valence electrons. The van der Waals surface area contributed by atoms with Crippen molar-refractivity contribution >= 4 is 21.9 Å². The zero-order chi connectivity index (χ0) is 23.5. The topological polar surface area (TPSA) is 87.6 Å². The molecule has 0 radical (unpaired) electrons. The van der Waals surface area contributed by atoms with Crippen LogP contribution in [0, 0.1) is 20.8 Å². The molecule has 0 atom stereocenters. The molecule has 2 N–H and O–H groups in total. The fourth-order valence-electron chi connectivity index (χ4n) is 4.43. The maximum absolute atomic E-state index is 14.3. The molecule has 5 aromatic rings. The number of H-pyrrole nitrogens is 2. The van der Waals surface area contributed by atoms with Crippen LogP contribution >= 0.6 is 0 Å². The van der Waals surface area contributed by atoms with Crippen molar-refractivity contribution in [1.29, 1.82) is 0 Å². The standard InChI is InChI=1S/C25H22F2N4O2/c1-5-25(26,27)20-9-7-16-18(28-20)8-6-12(2)21(16)17-10-15(22-13(3)31-33-14(22)4)11-19-23(17)30-24(32)29-19/h6-11H,5H2,1-4H3,(H2,29,30,32). The first-order chi connectivity index (χ1) is 15.7. The number of pyridine rings is 1. The molecule has 0 saturated carbocycles. The van der Waals surface area contributed by atoms with Gasteiger partial charge in [-0.05, 0) is 61.7 Å². The SMILES string of the molecule is CCC(F)(F)c1ccc2c(-c3cc(-c4c(C)noc4C)cc4[nH]c(=O)[nH]c34)c(C)ccc2n1. The molecule has 0 fully saturated rings. The van der Waals surface area contributed by atoms with E-state index in [0.717, 1.165) is 38.9 Å². The smallest absolute Gasteiger partial charge is 0.323 e. The minimum atomic E-state index is -3.00. The summed E-state index contributed by atoms with van der Waals surface area (Å²) in [4.78, 5) is 22.2. The fraction of sp³-hybridized carbons (Fsp3) is 0.240. The molecule has 33 heavy (non-hydrogen) atoms. The number of benzene rings is 2. The number of hydrogen-bond donors (Lipinski definition) is 2. The van der Waals surface area contributed by atoms with Gasteiger partial charge in [-0.1, -0.05) is 24.2 Å². The molecule has 5 rings (SSSR count). The van der Waals surface area contributed by atoms with Gasteiger partial charge in [-0.15, -0.1) is 0 Å². The van der Waals surface area contributed by atoms with E-state index in [4.69, 9.17) is 4.52 Å². The van der Waals surface area contributed by atoms with Crippen molar-refractivity contribution in [3.63, 3.8) is 0 Å². The van der Waals surface area contributed by atoms with Gasteiger partial charge in [0.15, 0.2) is 0 Å². The van der Waals surface area contributed by atoms with Crippen molar-refractivity contribution in [2.45, 2.75) is 40.0 Å². The largest absolute Gasteiger partial charge is 0.361 e. The van der Waals surface area contributed by atoms with Crippen LogP contribution in [0.15, 0.2) is 45.7 Å². The van der Waals surface area contributed by atoms with E-state index in [1.165, 1.54) is 13.0 Å². The maximum atomic E-state index is 14.3. The third-order valence-corrected chi connectivity index (χ3v) is 6.11. The highest BCUT2D eigenvalue weighted by atomic mass is 19.3. The van der Waals surface area contributed by atoms with Crippen LogP contribution in [0.4, 0.5) is 8.78 Å². The molecule has 3 heterocycles. The predicted molar refractivity (Wildman–Crippen MR) is 124 cm³/mol. The molecule has 0 amide bonds. The fourth-order valence-corrected chi connectivity index (χ4v) is 4.43. The lowest BCUT2D eigenvalue weighted by Crippen LogP contribution is -2.13. The molecule has 2 aromatic carbocycles. The summed E-state index contributed by atoms with van der Waals surface area (Å²) in [5, 5.41) is 4.78. The van der Waals surface area contributed by atoms with Crippen LogP contribution < -0.4 is 5.69 Å². The van der Waals surface area contributed by atoms with Gasteiger partial charge in [0.1, 0.15) is 11.5 Å². The van der Waals surface area contributed by atoms with Crippen LogP contribution in [-0.4, -0.2) is 20.1 Å². The van der Waals surface area contributed by atoms with Gasteiger partial charge in [0.2, 0.25) is 0 Å². The number of nitrogens with one attached hydrogen (secondary N) is 2.